The maximum atomic E-state index is 12.9. The monoisotopic (exact) mass is 271 g/mol. The van der Waals surface area contributed by atoms with Gasteiger partial charge in [-0.1, -0.05) is 6.42 Å². The van der Waals surface area contributed by atoms with Crippen LogP contribution in [0, 0.1) is 11.6 Å². The molecule has 0 amide bonds. The number of nitrogens with one attached hydrogen (secondary N) is 1. The summed E-state index contributed by atoms with van der Waals surface area (Å²) in [6, 6.07) is 3.34. The average molecular weight is 271 g/mol. The lowest BCUT2D eigenvalue weighted by Crippen LogP contribution is -2.05. The first-order valence-electron chi connectivity index (χ1n) is 6.47. The Morgan fingerprint density at radius 1 is 1.16 bits per heavy atom. The predicted molar refractivity (Wildman–Crippen MR) is 69.9 cm³/mol. The molecule has 0 unspecified atom stereocenters. The van der Waals surface area contributed by atoms with Crippen LogP contribution in [0.15, 0.2) is 18.2 Å². The summed E-state index contributed by atoms with van der Waals surface area (Å²) in [5.74, 6) is -1.36. The molecule has 0 spiro atoms. The second-order valence-electron chi connectivity index (χ2n) is 4.20. The highest BCUT2D eigenvalue weighted by molar-refractivity contribution is 5.69. The van der Waals surface area contributed by atoms with Crippen molar-refractivity contribution >= 4 is 11.7 Å². The molecular weight excluding hydrogens is 252 g/mol. The van der Waals surface area contributed by atoms with Gasteiger partial charge in [-0.15, -0.1) is 0 Å². The van der Waals surface area contributed by atoms with Gasteiger partial charge in [-0.05, 0) is 31.9 Å². The van der Waals surface area contributed by atoms with Gasteiger partial charge in [0.25, 0.3) is 0 Å². The molecule has 106 valence electrons. The van der Waals surface area contributed by atoms with Gasteiger partial charge in [-0.2, -0.15) is 0 Å². The number of benzene rings is 1. The molecular formula is C14H19F2NO2. The molecule has 0 saturated carbocycles. The minimum absolute atomic E-state index is 0.178. The van der Waals surface area contributed by atoms with E-state index in [1.54, 1.807) is 6.92 Å². The fraction of sp³-hybridized carbons (Fsp3) is 0.500. The maximum Gasteiger partial charge on any atom is 0.305 e. The molecule has 1 aromatic rings. The highest BCUT2D eigenvalue weighted by Gasteiger charge is 2.02. The van der Waals surface area contributed by atoms with Crippen LogP contribution in [0.5, 0.6) is 0 Å². The van der Waals surface area contributed by atoms with E-state index < -0.39 is 11.6 Å². The van der Waals surface area contributed by atoms with E-state index in [2.05, 4.69) is 5.32 Å². The second-order valence-corrected chi connectivity index (χ2v) is 4.20. The normalized spacial score (nSPS) is 10.3. The van der Waals surface area contributed by atoms with Crippen molar-refractivity contribution in [2.24, 2.45) is 0 Å². The van der Waals surface area contributed by atoms with E-state index in [9.17, 15) is 13.6 Å². The van der Waals surface area contributed by atoms with Gasteiger partial charge in [0.1, 0.15) is 11.6 Å². The van der Waals surface area contributed by atoms with E-state index in [4.69, 9.17) is 4.74 Å². The number of unbranched alkanes of at least 4 members (excludes halogenated alkanes) is 2. The van der Waals surface area contributed by atoms with Crippen LogP contribution in [0.4, 0.5) is 14.5 Å². The molecule has 1 rings (SSSR count). The molecule has 0 saturated heterocycles. The standard InChI is InChI=1S/C14H19F2NO2/c1-2-19-14(18)6-4-3-5-7-17-13-9-11(15)8-12(16)10-13/h8-10,17H,2-7H2,1H3. The lowest BCUT2D eigenvalue weighted by atomic mass is 10.2. The summed E-state index contributed by atoms with van der Waals surface area (Å²) in [6.45, 7) is 2.80. The largest absolute Gasteiger partial charge is 0.466 e. The van der Waals surface area contributed by atoms with E-state index in [-0.39, 0.29) is 5.97 Å². The third-order valence-electron chi connectivity index (χ3n) is 2.55. The van der Waals surface area contributed by atoms with Crippen LogP contribution in [0.2, 0.25) is 0 Å². The smallest absolute Gasteiger partial charge is 0.305 e. The van der Waals surface area contributed by atoms with Crippen LogP contribution >= 0.6 is 0 Å². The molecule has 19 heavy (non-hydrogen) atoms. The summed E-state index contributed by atoms with van der Waals surface area (Å²) in [5, 5.41) is 2.94. The molecule has 1 aromatic carbocycles. The van der Waals surface area contributed by atoms with Crippen molar-refractivity contribution in [3.05, 3.63) is 29.8 Å². The highest BCUT2D eigenvalue weighted by Crippen LogP contribution is 2.13. The number of esters is 1. The Hall–Kier alpha value is -1.65. The third-order valence-corrected chi connectivity index (χ3v) is 2.55. The summed E-state index contributed by atoms with van der Waals surface area (Å²) in [5.41, 5.74) is 0.433. The number of carbonyl (C=O) groups is 1. The summed E-state index contributed by atoms with van der Waals surface area (Å²) in [4.78, 5) is 11.1. The van der Waals surface area contributed by atoms with Crippen molar-refractivity contribution in [3.8, 4) is 0 Å². The number of rotatable bonds is 8. The molecule has 3 nitrogen and oxygen atoms in total. The Kier molecular flexibility index (Phi) is 6.85. The molecule has 0 aliphatic heterocycles. The van der Waals surface area contributed by atoms with Crippen molar-refractivity contribution in [1.82, 2.24) is 0 Å². The minimum Gasteiger partial charge on any atom is -0.466 e. The molecule has 0 heterocycles. The first-order chi connectivity index (χ1) is 9.11. The molecule has 0 aliphatic rings. The van der Waals surface area contributed by atoms with Crippen molar-refractivity contribution in [1.29, 1.82) is 0 Å². The first kappa shape index (κ1) is 15.4. The van der Waals surface area contributed by atoms with Crippen LogP contribution in [0.1, 0.15) is 32.6 Å². The number of carbonyl (C=O) groups excluding carboxylic acids is 1. The summed E-state index contributed by atoms with van der Waals surface area (Å²) in [6.07, 6.45) is 2.88. The van der Waals surface area contributed by atoms with E-state index in [0.29, 0.717) is 25.3 Å². The van der Waals surface area contributed by atoms with Gasteiger partial charge in [-0.25, -0.2) is 8.78 Å². The molecule has 0 aliphatic carbocycles. The van der Waals surface area contributed by atoms with Crippen molar-refractivity contribution in [2.45, 2.75) is 32.6 Å². The maximum absolute atomic E-state index is 12.9. The summed E-state index contributed by atoms with van der Waals surface area (Å²) in [7, 11) is 0. The van der Waals surface area contributed by atoms with E-state index >= 15 is 0 Å². The number of hydrogen-bond donors (Lipinski definition) is 1. The van der Waals surface area contributed by atoms with Crippen molar-refractivity contribution in [3.63, 3.8) is 0 Å². The summed E-state index contributed by atoms with van der Waals surface area (Å²) < 4.78 is 30.6. The van der Waals surface area contributed by atoms with Gasteiger partial charge < -0.3 is 10.1 Å². The number of anilines is 1. The van der Waals surface area contributed by atoms with Crippen LogP contribution in [-0.4, -0.2) is 19.1 Å². The quantitative estimate of drug-likeness (QED) is 0.581. The highest BCUT2D eigenvalue weighted by atomic mass is 19.1. The van der Waals surface area contributed by atoms with Crippen LogP contribution in [0.25, 0.3) is 0 Å². The van der Waals surface area contributed by atoms with Gasteiger partial charge in [0.05, 0.1) is 6.61 Å². The lowest BCUT2D eigenvalue weighted by molar-refractivity contribution is -0.143. The first-order valence-corrected chi connectivity index (χ1v) is 6.47. The molecule has 1 N–H and O–H groups in total. The Morgan fingerprint density at radius 2 is 1.84 bits per heavy atom. The molecule has 0 atom stereocenters. The molecule has 0 bridgehead atoms. The third kappa shape index (κ3) is 6.74. The zero-order valence-electron chi connectivity index (χ0n) is 11.0. The van der Waals surface area contributed by atoms with E-state index in [1.807, 2.05) is 0 Å². The van der Waals surface area contributed by atoms with Gasteiger partial charge in [0.15, 0.2) is 0 Å². The fourth-order valence-corrected chi connectivity index (χ4v) is 1.69. The molecule has 0 aromatic heterocycles. The second kappa shape index (κ2) is 8.45. The molecule has 0 radical (unpaired) electrons. The molecule has 0 fully saturated rings. The number of hydrogen-bond acceptors (Lipinski definition) is 3. The Balaban J connectivity index is 2.12. The van der Waals surface area contributed by atoms with Crippen LogP contribution in [-0.2, 0) is 9.53 Å². The van der Waals surface area contributed by atoms with E-state index in [0.717, 1.165) is 25.3 Å². The minimum atomic E-state index is -0.593. The lowest BCUT2D eigenvalue weighted by Gasteiger charge is -2.06. The van der Waals surface area contributed by atoms with Crippen LogP contribution < -0.4 is 5.32 Å². The number of halogens is 2. The number of ether oxygens (including phenoxy) is 1. The van der Waals surface area contributed by atoms with Crippen molar-refractivity contribution < 1.29 is 18.3 Å². The van der Waals surface area contributed by atoms with Crippen LogP contribution in [0.3, 0.4) is 0 Å². The Bertz CT molecular complexity index is 390. The van der Waals surface area contributed by atoms with Gasteiger partial charge in [0.2, 0.25) is 0 Å². The summed E-state index contributed by atoms with van der Waals surface area (Å²) >= 11 is 0. The van der Waals surface area contributed by atoms with Gasteiger partial charge in [-0.3, -0.25) is 4.79 Å². The Morgan fingerprint density at radius 3 is 2.47 bits per heavy atom. The zero-order chi connectivity index (χ0) is 14.1. The van der Waals surface area contributed by atoms with Gasteiger partial charge >= 0.3 is 5.97 Å². The topological polar surface area (TPSA) is 38.3 Å². The average Bonchev–Trinajstić information content (AvgIpc) is 2.32. The Labute approximate surface area is 112 Å². The predicted octanol–water partition coefficient (Wildman–Crippen LogP) is 3.50. The van der Waals surface area contributed by atoms with Gasteiger partial charge in [0, 0.05) is 24.7 Å². The fourth-order valence-electron chi connectivity index (χ4n) is 1.69. The van der Waals surface area contributed by atoms with Crippen molar-refractivity contribution in [2.75, 3.05) is 18.5 Å². The zero-order valence-corrected chi connectivity index (χ0v) is 11.0. The molecule has 5 heteroatoms. The van der Waals surface area contributed by atoms with E-state index in [1.165, 1.54) is 12.1 Å². The SMILES string of the molecule is CCOC(=O)CCCCCNc1cc(F)cc(F)c1.